The quantitative estimate of drug-likeness (QED) is 0.791. The first-order valence-electron chi connectivity index (χ1n) is 4.13. The maximum absolute atomic E-state index is 9.60. The van der Waals surface area contributed by atoms with Crippen LogP contribution in [-0.4, -0.2) is 16.6 Å². The summed E-state index contributed by atoms with van der Waals surface area (Å²) in [5.41, 5.74) is 7.09. The molecule has 0 radical (unpaired) electrons. The zero-order chi connectivity index (χ0) is 10.1. The van der Waals surface area contributed by atoms with Gasteiger partial charge in [0.25, 0.3) is 0 Å². The minimum Gasteiger partial charge on any atom is -0.443 e. The van der Waals surface area contributed by atoms with Crippen molar-refractivity contribution in [2.75, 3.05) is 6.54 Å². The molecule has 1 unspecified atom stereocenters. The van der Waals surface area contributed by atoms with E-state index in [9.17, 15) is 5.11 Å². The molecule has 1 heterocycles. The first-order valence-corrected chi connectivity index (χ1v) is 4.51. The molecule has 2 rings (SSSR count). The van der Waals surface area contributed by atoms with Crippen LogP contribution in [-0.2, 0) is 0 Å². The van der Waals surface area contributed by atoms with Crippen molar-refractivity contribution in [2.24, 2.45) is 5.73 Å². The lowest BCUT2D eigenvalue weighted by Crippen LogP contribution is -2.11. The molecule has 0 bridgehead atoms. The van der Waals surface area contributed by atoms with Crippen molar-refractivity contribution >= 4 is 22.7 Å². The van der Waals surface area contributed by atoms with Gasteiger partial charge in [-0.3, -0.25) is 0 Å². The number of aromatic nitrogens is 1. The van der Waals surface area contributed by atoms with Crippen LogP contribution in [0.4, 0.5) is 0 Å². The normalized spacial score (nSPS) is 13.4. The number of nitrogens with zero attached hydrogens (tertiary/aromatic N) is 1. The maximum Gasteiger partial charge on any atom is 0.181 e. The number of oxazole rings is 1. The average molecular weight is 213 g/mol. The van der Waals surface area contributed by atoms with Crippen molar-refractivity contribution in [1.82, 2.24) is 4.98 Å². The largest absolute Gasteiger partial charge is 0.443 e. The van der Waals surface area contributed by atoms with Crippen LogP contribution >= 0.6 is 11.6 Å². The number of aliphatic hydroxyl groups is 1. The highest BCUT2D eigenvalue weighted by atomic mass is 35.5. The van der Waals surface area contributed by atoms with Gasteiger partial charge in [0.2, 0.25) is 0 Å². The monoisotopic (exact) mass is 212 g/mol. The minimum atomic E-state index is -0.774. The molecule has 3 N–H and O–H groups in total. The van der Waals surface area contributed by atoms with E-state index in [0.717, 1.165) is 0 Å². The molecule has 0 fully saturated rings. The second-order valence-corrected chi connectivity index (χ2v) is 3.38. The third-order valence-electron chi connectivity index (χ3n) is 2.01. The van der Waals surface area contributed by atoms with Gasteiger partial charge >= 0.3 is 0 Å². The summed E-state index contributed by atoms with van der Waals surface area (Å²) in [5, 5.41) is 10.1. The van der Waals surface area contributed by atoms with Gasteiger partial charge in [-0.25, -0.2) is 4.98 Å². The maximum atomic E-state index is 9.60. The number of halogens is 1. The van der Waals surface area contributed by atoms with E-state index in [1.165, 1.54) is 6.39 Å². The highest BCUT2D eigenvalue weighted by Crippen LogP contribution is 2.27. The first kappa shape index (κ1) is 9.45. The van der Waals surface area contributed by atoms with Crippen molar-refractivity contribution in [3.63, 3.8) is 0 Å². The molecule has 2 aromatic rings. The van der Waals surface area contributed by atoms with Gasteiger partial charge in [-0.2, -0.15) is 0 Å². The van der Waals surface area contributed by atoms with Gasteiger partial charge in [0.05, 0.1) is 6.10 Å². The summed E-state index contributed by atoms with van der Waals surface area (Å²) in [4.78, 5) is 3.95. The average Bonchev–Trinajstić information content (AvgIpc) is 2.62. The molecule has 5 heteroatoms. The van der Waals surface area contributed by atoms with Crippen molar-refractivity contribution in [2.45, 2.75) is 6.10 Å². The summed E-state index contributed by atoms with van der Waals surface area (Å²) >= 11 is 5.85. The Kier molecular flexibility index (Phi) is 2.41. The second-order valence-electron chi connectivity index (χ2n) is 2.95. The van der Waals surface area contributed by atoms with Gasteiger partial charge < -0.3 is 15.3 Å². The van der Waals surface area contributed by atoms with Crippen molar-refractivity contribution in [3.8, 4) is 0 Å². The molecule has 0 saturated carbocycles. The van der Waals surface area contributed by atoms with E-state index >= 15 is 0 Å². The van der Waals surface area contributed by atoms with E-state index in [-0.39, 0.29) is 6.54 Å². The molecule has 0 amide bonds. The lowest BCUT2D eigenvalue weighted by atomic mass is 10.1. The Labute approximate surface area is 85.3 Å². The minimum absolute atomic E-state index is 0.121. The highest BCUT2D eigenvalue weighted by molar-refractivity contribution is 6.31. The Hall–Kier alpha value is -1.10. The van der Waals surface area contributed by atoms with Crippen molar-refractivity contribution in [3.05, 3.63) is 29.1 Å². The molecule has 0 spiro atoms. The third-order valence-corrected chi connectivity index (χ3v) is 2.23. The molecule has 0 aliphatic heterocycles. The van der Waals surface area contributed by atoms with Gasteiger partial charge in [0.15, 0.2) is 12.0 Å². The van der Waals surface area contributed by atoms with E-state index in [4.69, 9.17) is 21.8 Å². The Morgan fingerprint density at radius 1 is 1.57 bits per heavy atom. The predicted octanol–water partition coefficient (Wildman–Crippen LogP) is 1.47. The summed E-state index contributed by atoms with van der Waals surface area (Å²) in [5.74, 6) is 0. The number of rotatable bonds is 2. The molecule has 1 atom stereocenters. The van der Waals surface area contributed by atoms with Crippen LogP contribution in [0.5, 0.6) is 0 Å². The third kappa shape index (κ3) is 1.48. The Balaban J connectivity index is 2.66. The number of hydrogen-bond acceptors (Lipinski definition) is 4. The Morgan fingerprint density at radius 2 is 2.36 bits per heavy atom. The lowest BCUT2D eigenvalue weighted by Gasteiger charge is -2.08. The number of fused-ring (bicyclic) bond motifs is 1. The summed E-state index contributed by atoms with van der Waals surface area (Å²) in [6.45, 7) is 0.121. The zero-order valence-electron chi connectivity index (χ0n) is 7.27. The highest BCUT2D eigenvalue weighted by Gasteiger charge is 2.13. The van der Waals surface area contributed by atoms with E-state index in [1.807, 2.05) is 0 Å². The molecule has 1 aromatic carbocycles. The summed E-state index contributed by atoms with van der Waals surface area (Å²) < 4.78 is 5.14. The second kappa shape index (κ2) is 3.57. The van der Waals surface area contributed by atoms with E-state index in [0.29, 0.717) is 21.7 Å². The van der Waals surface area contributed by atoms with Crippen LogP contribution in [0.3, 0.4) is 0 Å². The molecule has 1 aromatic heterocycles. The van der Waals surface area contributed by atoms with Gasteiger partial charge in [-0.1, -0.05) is 11.6 Å². The summed E-state index contributed by atoms with van der Waals surface area (Å²) in [6.07, 6.45) is 0.539. The fraction of sp³-hybridized carbons (Fsp3) is 0.222. The first-order chi connectivity index (χ1) is 6.72. The Morgan fingerprint density at radius 3 is 3.07 bits per heavy atom. The molecule has 14 heavy (non-hydrogen) atoms. The van der Waals surface area contributed by atoms with E-state index in [1.54, 1.807) is 12.1 Å². The van der Waals surface area contributed by atoms with Crippen molar-refractivity contribution in [1.29, 1.82) is 0 Å². The lowest BCUT2D eigenvalue weighted by molar-refractivity contribution is 0.187. The molecule has 0 saturated heterocycles. The number of benzene rings is 1. The SMILES string of the molecule is NCC(O)c1cc(Cl)cc2ncoc12. The molecule has 0 aliphatic rings. The van der Waals surface area contributed by atoms with Crippen LogP contribution < -0.4 is 5.73 Å². The van der Waals surface area contributed by atoms with Gasteiger partial charge in [0, 0.05) is 17.1 Å². The molecular weight excluding hydrogens is 204 g/mol. The standard InChI is InChI=1S/C9H9ClN2O2/c10-5-1-6(8(13)3-11)9-7(2-5)12-4-14-9/h1-2,4,8,13H,3,11H2. The summed E-state index contributed by atoms with van der Waals surface area (Å²) in [7, 11) is 0. The van der Waals surface area contributed by atoms with Crippen LogP contribution in [0.1, 0.15) is 11.7 Å². The Bertz CT molecular complexity index is 455. The zero-order valence-corrected chi connectivity index (χ0v) is 8.03. The number of nitrogens with two attached hydrogens (primary N) is 1. The van der Waals surface area contributed by atoms with E-state index in [2.05, 4.69) is 4.98 Å². The molecule has 4 nitrogen and oxygen atoms in total. The van der Waals surface area contributed by atoms with Crippen molar-refractivity contribution < 1.29 is 9.52 Å². The number of hydrogen-bond donors (Lipinski definition) is 2. The number of aliphatic hydroxyl groups excluding tert-OH is 1. The topological polar surface area (TPSA) is 72.3 Å². The van der Waals surface area contributed by atoms with Gasteiger partial charge in [-0.05, 0) is 12.1 Å². The van der Waals surface area contributed by atoms with Gasteiger partial charge in [-0.15, -0.1) is 0 Å². The van der Waals surface area contributed by atoms with Crippen LogP contribution in [0, 0.1) is 0 Å². The smallest absolute Gasteiger partial charge is 0.181 e. The van der Waals surface area contributed by atoms with Gasteiger partial charge in [0.1, 0.15) is 5.52 Å². The molecular formula is C9H9ClN2O2. The van der Waals surface area contributed by atoms with Crippen LogP contribution in [0.25, 0.3) is 11.1 Å². The fourth-order valence-corrected chi connectivity index (χ4v) is 1.56. The van der Waals surface area contributed by atoms with E-state index < -0.39 is 6.10 Å². The predicted molar refractivity (Wildman–Crippen MR) is 53.0 cm³/mol. The molecule has 74 valence electrons. The molecule has 0 aliphatic carbocycles. The summed E-state index contributed by atoms with van der Waals surface area (Å²) in [6, 6.07) is 3.31. The van der Waals surface area contributed by atoms with Crippen LogP contribution in [0.2, 0.25) is 5.02 Å². The van der Waals surface area contributed by atoms with Crippen LogP contribution in [0.15, 0.2) is 22.9 Å². The fourth-order valence-electron chi connectivity index (χ4n) is 1.33.